The Morgan fingerprint density at radius 1 is 1.43 bits per heavy atom. The summed E-state index contributed by atoms with van der Waals surface area (Å²) in [6, 6.07) is 0. The summed E-state index contributed by atoms with van der Waals surface area (Å²) in [6.45, 7) is 8.79. The Labute approximate surface area is 149 Å². The van der Waals surface area contributed by atoms with Crippen LogP contribution in [-0.4, -0.2) is 32.0 Å². The number of hydrogen-bond acceptors (Lipinski definition) is 3. The van der Waals surface area contributed by atoms with Crippen molar-refractivity contribution in [3.63, 3.8) is 0 Å². The molecule has 6 nitrogen and oxygen atoms in total. The second kappa shape index (κ2) is 7.05. The van der Waals surface area contributed by atoms with E-state index in [0.717, 1.165) is 22.3 Å². The van der Waals surface area contributed by atoms with Gasteiger partial charge in [0.15, 0.2) is 0 Å². The van der Waals surface area contributed by atoms with Crippen LogP contribution >= 0.6 is 27.5 Å². The van der Waals surface area contributed by atoms with E-state index >= 15 is 0 Å². The predicted octanol–water partition coefficient (Wildman–Crippen LogP) is 3.05. The van der Waals surface area contributed by atoms with Gasteiger partial charge >= 0.3 is 0 Å². The average molecular weight is 403 g/mol. The number of carbonyl (C=O) groups is 1. The number of aromatic nitrogens is 4. The van der Waals surface area contributed by atoms with Gasteiger partial charge in [-0.15, -0.1) is 0 Å². The minimum absolute atomic E-state index is 0.0699. The van der Waals surface area contributed by atoms with Crippen molar-refractivity contribution in [2.45, 2.75) is 46.2 Å². The van der Waals surface area contributed by atoms with E-state index in [1.807, 2.05) is 32.4 Å². The number of aryl methyl sites for hydroxylation is 2. The highest BCUT2D eigenvalue weighted by Gasteiger charge is 2.30. The van der Waals surface area contributed by atoms with Crippen LogP contribution in [-0.2, 0) is 16.9 Å². The zero-order valence-corrected chi connectivity index (χ0v) is 16.1. The Balaban J connectivity index is 1.86. The fourth-order valence-electron chi connectivity index (χ4n) is 2.25. The van der Waals surface area contributed by atoms with E-state index in [1.165, 1.54) is 0 Å². The molecule has 0 saturated carbocycles. The van der Waals surface area contributed by atoms with E-state index in [0.29, 0.717) is 18.1 Å². The Bertz CT molecular complexity index is 707. The van der Waals surface area contributed by atoms with Gasteiger partial charge in [0.25, 0.3) is 0 Å². The van der Waals surface area contributed by atoms with E-state index in [-0.39, 0.29) is 5.91 Å². The van der Waals surface area contributed by atoms with Crippen LogP contribution < -0.4 is 5.32 Å². The van der Waals surface area contributed by atoms with Gasteiger partial charge in [-0.05, 0) is 50.0 Å². The van der Waals surface area contributed by atoms with Crippen LogP contribution in [0.4, 0.5) is 0 Å². The molecule has 0 spiro atoms. The molecule has 1 amide bonds. The van der Waals surface area contributed by atoms with Crippen LogP contribution in [0, 0.1) is 13.8 Å². The zero-order valence-electron chi connectivity index (χ0n) is 13.7. The molecule has 0 bridgehead atoms. The van der Waals surface area contributed by atoms with E-state index < -0.39 is 5.54 Å². The Morgan fingerprint density at radius 2 is 2.13 bits per heavy atom. The minimum Gasteiger partial charge on any atom is -0.354 e. The summed E-state index contributed by atoms with van der Waals surface area (Å²) >= 11 is 9.47. The van der Waals surface area contributed by atoms with Gasteiger partial charge in [0, 0.05) is 19.3 Å². The summed E-state index contributed by atoms with van der Waals surface area (Å²) in [5, 5.41) is 12.2. The lowest BCUT2D eigenvalue weighted by Crippen LogP contribution is -2.45. The van der Waals surface area contributed by atoms with Crippen molar-refractivity contribution in [1.29, 1.82) is 0 Å². The molecule has 1 N–H and O–H groups in total. The molecule has 0 saturated heterocycles. The molecule has 2 aromatic rings. The molecule has 0 atom stereocenters. The van der Waals surface area contributed by atoms with Crippen LogP contribution in [0.15, 0.2) is 16.9 Å². The molecule has 0 unspecified atom stereocenters. The van der Waals surface area contributed by atoms with Crippen molar-refractivity contribution < 1.29 is 4.79 Å². The molecule has 0 fully saturated rings. The number of nitrogens with one attached hydrogen (secondary N) is 1. The summed E-state index contributed by atoms with van der Waals surface area (Å²) in [5.74, 6) is -0.0699. The molecule has 23 heavy (non-hydrogen) atoms. The van der Waals surface area contributed by atoms with Gasteiger partial charge in [-0.2, -0.15) is 10.2 Å². The number of amides is 1. The highest BCUT2D eigenvalue weighted by molar-refractivity contribution is 9.10. The van der Waals surface area contributed by atoms with Crippen molar-refractivity contribution in [3.8, 4) is 0 Å². The van der Waals surface area contributed by atoms with Crippen molar-refractivity contribution in [3.05, 3.63) is 33.3 Å². The Morgan fingerprint density at radius 3 is 2.65 bits per heavy atom. The molecular formula is C15H21BrClN5O. The first-order valence-electron chi connectivity index (χ1n) is 7.42. The Hall–Kier alpha value is -1.34. The van der Waals surface area contributed by atoms with Crippen LogP contribution in [0.2, 0.25) is 5.02 Å². The normalized spacial score (nSPS) is 11.7. The summed E-state index contributed by atoms with van der Waals surface area (Å²) in [7, 11) is 0. The molecule has 0 aliphatic heterocycles. The molecule has 126 valence electrons. The second-order valence-electron chi connectivity index (χ2n) is 5.98. The Kier molecular flexibility index (Phi) is 5.52. The maximum absolute atomic E-state index is 12.4. The summed E-state index contributed by atoms with van der Waals surface area (Å²) < 4.78 is 4.37. The van der Waals surface area contributed by atoms with E-state index in [4.69, 9.17) is 11.6 Å². The predicted molar refractivity (Wildman–Crippen MR) is 93.6 cm³/mol. The highest BCUT2D eigenvalue weighted by Crippen LogP contribution is 2.19. The number of hydrogen-bond donors (Lipinski definition) is 1. The monoisotopic (exact) mass is 401 g/mol. The summed E-state index contributed by atoms with van der Waals surface area (Å²) in [5.41, 5.74) is 1.05. The van der Waals surface area contributed by atoms with Crippen LogP contribution in [0.5, 0.6) is 0 Å². The second-order valence-corrected chi connectivity index (χ2v) is 7.27. The molecule has 0 aromatic carbocycles. The molecule has 0 aliphatic carbocycles. The largest absolute Gasteiger partial charge is 0.354 e. The molecule has 0 radical (unpaired) electrons. The van der Waals surface area contributed by atoms with E-state index in [2.05, 4.69) is 31.4 Å². The average Bonchev–Trinajstić information content (AvgIpc) is 3.03. The lowest BCUT2D eigenvalue weighted by atomic mass is 10.1. The van der Waals surface area contributed by atoms with Crippen molar-refractivity contribution in [2.75, 3.05) is 6.54 Å². The first kappa shape index (κ1) is 18.0. The molecule has 2 rings (SSSR count). The standard InChI is InChI=1S/C15H21BrClN5O/c1-10-13(17)11(2)21(20-10)7-5-6-18-14(23)15(3,4)22-9-12(16)8-19-22/h8-9H,5-7H2,1-4H3,(H,18,23). The molecule has 2 aromatic heterocycles. The van der Waals surface area contributed by atoms with E-state index in [1.54, 1.807) is 17.1 Å². The molecule has 2 heterocycles. The van der Waals surface area contributed by atoms with Gasteiger partial charge in [0.2, 0.25) is 5.91 Å². The number of halogens is 2. The third-order valence-electron chi connectivity index (χ3n) is 3.80. The third kappa shape index (κ3) is 3.95. The van der Waals surface area contributed by atoms with Crippen molar-refractivity contribution in [1.82, 2.24) is 24.9 Å². The molecule has 8 heteroatoms. The smallest absolute Gasteiger partial charge is 0.247 e. The fourth-order valence-corrected chi connectivity index (χ4v) is 2.67. The van der Waals surface area contributed by atoms with Gasteiger partial charge in [0.05, 0.1) is 27.1 Å². The van der Waals surface area contributed by atoms with Crippen molar-refractivity contribution >= 4 is 33.4 Å². The maximum Gasteiger partial charge on any atom is 0.247 e. The van der Waals surface area contributed by atoms with Crippen LogP contribution in [0.1, 0.15) is 31.7 Å². The maximum atomic E-state index is 12.4. The van der Waals surface area contributed by atoms with Gasteiger partial charge in [-0.1, -0.05) is 11.6 Å². The summed E-state index contributed by atoms with van der Waals surface area (Å²) in [4.78, 5) is 12.4. The van der Waals surface area contributed by atoms with Gasteiger partial charge in [0.1, 0.15) is 5.54 Å². The number of carbonyl (C=O) groups excluding carboxylic acids is 1. The van der Waals surface area contributed by atoms with E-state index in [9.17, 15) is 4.79 Å². The summed E-state index contributed by atoms with van der Waals surface area (Å²) in [6.07, 6.45) is 4.24. The number of nitrogens with zero attached hydrogens (tertiary/aromatic N) is 4. The minimum atomic E-state index is -0.743. The van der Waals surface area contributed by atoms with Gasteiger partial charge in [-0.3, -0.25) is 14.2 Å². The lowest BCUT2D eigenvalue weighted by molar-refractivity contribution is -0.128. The topological polar surface area (TPSA) is 64.7 Å². The lowest BCUT2D eigenvalue weighted by Gasteiger charge is -2.24. The molecular weight excluding hydrogens is 382 g/mol. The van der Waals surface area contributed by atoms with Crippen LogP contribution in [0.25, 0.3) is 0 Å². The number of rotatable bonds is 6. The SMILES string of the molecule is Cc1nn(CCCNC(=O)C(C)(C)n2cc(Br)cn2)c(C)c1Cl. The van der Waals surface area contributed by atoms with Crippen molar-refractivity contribution in [2.24, 2.45) is 0 Å². The van der Waals surface area contributed by atoms with Gasteiger partial charge < -0.3 is 5.32 Å². The third-order valence-corrected chi connectivity index (χ3v) is 4.76. The molecule has 0 aliphatic rings. The van der Waals surface area contributed by atoms with Gasteiger partial charge in [-0.25, -0.2) is 0 Å². The van der Waals surface area contributed by atoms with Crippen LogP contribution in [0.3, 0.4) is 0 Å². The fraction of sp³-hybridized carbons (Fsp3) is 0.533. The quantitative estimate of drug-likeness (QED) is 0.755. The highest BCUT2D eigenvalue weighted by atomic mass is 79.9. The zero-order chi connectivity index (χ0) is 17.2. The first-order valence-corrected chi connectivity index (χ1v) is 8.59. The first-order chi connectivity index (χ1) is 10.7.